The lowest BCUT2D eigenvalue weighted by molar-refractivity contribution is -0.141. The quantitative estimate of drug-likeness (QED) is 0.619. The Labute approximate surface area is 139 Å². The summed E-state index contributed by atoms with van der Waals surface area (Å²) in [5, 5.41) is 11.7. The molecule has 0 spiro atoms. The van der Waals surface area contributed by atoms with E-state index in [1.165, 1.54) is 0 Å². The van der Waals surface area contributed by atoms with Crippen molar-refractivity contribution in [2.75, 3.05) is 13.2 Å². The summed E-state index contributed by atoms with van der Waals surface area (Å²) in [6.07, 6.45) is 2.27. The lowest BCUT2D eigenvalue weighted by Crippen LogP contribution is -2.32. The van der Waals surface area contributed by atoms with Crippen molar-refractivity contribution in [2.45, 2.75) is 32.6 Å². The van der Waals surface area contributed by atoms with Crippen molar-refractivity contribution in [3.8, 4) is 5.75 Å². The minimum Gasteiger partial charge on any atom is -0.494 e. The summed E-state index contributed by atoms with van der Waals surface area (Å²) in [6.45, 7) is 2.56. The van der Waals surface area contributed by atoms with Gasteiger partial charge in [0.25, 0.3) is 0 Å². The molecule has 1 aromatic carbocycles. The van der Waals surface area contributed by atoms with E-state index in [2.05, 4.69) is 21.2 Å². The third kappa shape index (κ3) is 7.45. The molecule has 122 valence electrons. The van der Waals surface area contributed by atoms with Gasteiger partial charge in [-0.2, -0.15) is 0 Å². The Morgan fingerprint density at radius 2 is 2.18 bits per heavy atom. The van der Waals surface area contributed by atoms with Gasteiger partial charge in [-0.1, -0.05) is 35.3 Å². The van der Waals surface area contributed by atoms with Gasteiger partial charge in [-0.05, 0) is 31.0 Å². The first-order valence-electron chi connectivity index (χ1n) is 7.40. The summed E-state index contributed by atoms with van der Waals surface area (Å²) >= 11 is 3.36. The number of benzene rings is 1. The maximum Gasteiger partial charge on any atom is 0.308 e. The Bertz CT molecular complexity index is 493. The van der Waals surface area contributed by atoms with Crippen LogP contribution in [0.3, 0.4) is 0 Å². The molecule has 6 heteroatoms. The van der Waals surface area contributed by atoms with Gasteiger partial charge in [-0.25, -0.2) is 0 Å². The summed E-state index contributed by atoms with van der Waals surface area (Å²) in [5.41, 5.74) is 0. The number of hydrogen-bond donors (Lipinski definition) is 2. The molecule has 1 aromatic rings. The molecule has 0 aliphatic heterocycles. The number of ether oxygens (including phenoxy) is 1. The van der Waals surface area contributed by atoms with Crippen LogP contribution in [0.4, 0.5) is 0 Å². The molecular weight excluding hydrogens is 350 g/mol. The minimum atomic E-state index is -0.861. The Morgan fingerprint density at radius 3 is 2.82 bits per heavy atom. The lowest BCUT2D eigenvalue weighted by Gasteiger charge is -2.12. The highest BCUT2D eigenvalue weighted by atomic mass is 79.9. The van der Waals surface area contributed by atoms with Crippen molar-refractivity contribution in [3.63, 3.8) is 0 Å². The Balaban J connectivity index is 2.19. The van der Waals surface area contributed by atoms with Crippen molar-refractivity contribution in [1.82, 2.24) is 5.32 Å². The number of carboxylic acid groups (broad SMARTS) is 1. The molecule has 0 saturated carbocycles. The van der Waals surface area contributed by atoms with Crippen LogP contribution in [0.25, 0.3) is 0 Å². The maximum atomic E-state index is 11.7. The zero-order valence-electron chi connectivity index (χ0n) is 12.7. The summed E-state index contributed by atoms with van der Waals surface area (Å²) in [4.78, 5) is 22.6. The average Bonchev–Trinajstić information content (AvgIpc) is 2.47. The number of amides is 1. The largest absolute Gasteiger partial charge is 0.494 e. The number of carbonyl (C=O) groups excluding carboxylic acids is 1. The smallest absolute Gasteiger partial charge is 0.308 e. The highest BCUT2D eigenvalue weighted by Crippen LogP contribution is 2.17. The predicted molar refractivity (Wildman–Crippen MR) is 87.9 cm³/mol. The molecule has 1 amide bonds. The molecule has 1 unspecified atom stereocenters. The molecule has 0 heterocycles. The van der Waals surface area contributed by atoms with E-state index >= 15 is 0 Å². The molecule has 0 aromatic heterocycles. The van der Waals surface area contributed by atoms with Gasteiger partial charge in [0.05, 0.1) is 12.5 Å². The molecule has 0 aliphatic rings. The van der Waals surface area contributed by atoms with Crippen LogP contribution >= 0.6 is 15.9 Å². The van der Waals surface area contributed by atoms with Crippen molar-refractivity contribution < 1.29 is 19.4 Å². The Hall–Kier alpha value is -1.56. The lowest BCUT2D eigenvalue weighted by atomic mass is 10.0. The molecule has 0 aliphatic carbocycles. The van der Waals surface area contributed by atoms with E-state index in [1.54, 1.807) is 0 Å². The maximum absolute atomic E-state index is 11.7. The highest BCUT2D eigenvalue weighted by Gasteiger charge is 2.16. The van der Waals surface area contributed by atoms with Crippen LogP contribution in [0.1, 0.15) is 32.6 Å². The second-order valence-electron chi connectivity index (χ2n) is 5.04. The van der Waals surface area contributed by atoms with Gasteiger partial charge in [0.15, 0.2) is 0 Å². The SMILES string of the molecule is CCCC(CNC(=O)CCCOc1cccc(Br)c1)C(=O)O. The second-order valence-corrected chi connectivity index (χ2v) is 5.95. The van der Waals surface area contributed by atoms with Crippen LogP contribution in [0.15, 0.2) is 28.7 Å². The van der Waals surface area contributed by atoms with E-state index in [0.29, 0.717) is 25.9 Å². The van der Waals surface area contributed by atoms with Crippen LogP contribution in [0.2, 0.25) is 0 Å². The minimum absolute atomic E-state index is 0.139. The van der Waals surface area contributed by atoms with Crippen molar-refractivity contribution in [1.29, 1.82) is 0 Å². The number of carboxylic acids is 1. The van der Waals surface area contributed by atoms with Gasteiger partial charge < -0.3 is 15.2 Å². The molecule has 5 nitrogen and oxygen atoms in total. The fourth-order valence-corrected chi connectivity index (χ4v) is 2.34. The van der Waals surface area contributed by atoms with Gasteiger partial charge in [0.2, 0.25) is 5.91 Å². The Morgan fingerprint density at radius 1 is 1.41 bits per heavy atom. The zero-order valence-corrected chi connectivity index (χ0v) is 14.3. The highest BCUT2D eigenvalue weighted by molar-refractivity contribution is 9.10. The number of nitrogens with one attached hydrogen (secondary N) is 1. The van der Waals surface area contributed by atoms with Crippen LogP contribution in [0.5, 0.6) is 5.75 Å². The summed E-state index contributed by atoms with van der Waals surface area (Å²) in [5.74, 6) is -0.754. The van der Waals surface area contributed by atoms with Gasteiger partial charge in [-0.3, -0.25) is 9.59 Å². The fraction of sp³-hybridized carbons (Fsp3) is 0.500. The molecule has 1 rings (SSSR count). The van der Waals surface area contributed by atoms with Crippen LogP contribution < -0.4 is 10.1 Å². The molecular formula is C16H22BrNO4. The van der Waals surface area contributed by atoms with E-state index in [4.69, 9.17) is 9.84 Å². The molecule has 2 N–H and O–H groups in total. The number of hydrogen-bond acceptors (Lipinski definition) is 3. The van der Waals surface area contributed by atoms with Crippen molar-refractivity contribution in [3.05, 3.63) is 28.7 Å². The number of halogens is 1. The van der Waals surface area contributed by atoms with Gasteiger partial charge in [-0.15, -0.1) is 0 Å². The van der Waals surface area contributed by atoms with E-state index in [1.807, 2.05) is 31.2 Å². The van der Waals surface area contributed by atoms with E-state index < -0.39 is 11.9 Å². The molecule has 0 bridgehead atoms. The van der Waals surface area contributed by atoms with E-state index in [-0.39, 0.29) is 12.5 Å². The van der Waals surface area contributed by atoms with Crippen LogP contribution in [0, 0.1) is 5.92 Å². The van der Waals surface area contributed by atoms with Gasteiger partial charge >= 0.3 is 5.97 Å². The Kier molecular flexibility index (Phi) is 8.58. The zero-order chi connectivity index (χ0) is 16.4. The fourth-order valence-electron chi connectivity index (χ4n) is 1.97. The summed E-state index contributed by atoms with van der Waals surface area (Å²) in [6, 6.07) is 7.51. The van der Waals surface area contributed by atoms with Gasteiger partial charge in [0, 0.05) is 17.4 Å². The third-order valence-electron chi connectivity index (χ3n) is 3.14. The molecule has 1 atom stereocenters. The van der Waals surface area contributed by atoms with E-state index in [0.717, 1.165) is 16.6 Å². The summed E-state index contributed by atoms with van der Waals surface area (Å²) < 4.78 is 6.48. The number of carbonyl (C=O) groups is 2. The number of aliphatic carboxylic acids is 1. The molecule has 0 saturated heterocycles. The predicted octanol–water partition coefficient (Wildman–Crippen LogP) is 3.23. The van der Waals surface area contributed by atoms with Crippen molar-refractivity contribution >= 4 is 27.8 Å². The first-order valence-corrected chi connectivity index (χ1v) is 8.20. The van der Waals surface area contributed by atoms with Gasteiger partial charge in [0.1, 0.15) is 5.75 Å². The van der Waals surface area contributed by atoms with Crippen molar-refractivity contribution in [2.24, 2.45) is 5.92 Å². The van der Waals surface area contributed by atoms with Crippen LogP contribution in [-0.4, -0.2) is 30.1 Å². The topological polar surface area (TPSA) is 75.6 Å². The monoisotopic (exact) mass is 371 g/mol. The second kappa shape index (κ2) is 10.2. The van der Waals surface area contributed by atoms with Crippen LogP contribution in [-0.2, 0) is 9.59 Å². The average molecular weight is 372 g/mol. The summed E-state index contributed by atoms with van der Waals surface area (Å²) in [7, 11) is 0. The standard InChI is InChI=1S/C16H22BrNO4/c1-2-5-12(16(20)21)11-18-15(19)8-4-9-22-14-7-3-6-13(17)10-14/h3,6-7,10,12H,2,4-5,8-9,11H2,1H3,(H,18,19)(H,20,21). The first kappa shape index (κ1) is 18.5. The molecule has 0 fully saturated rings. The molecule has 22 heavy (non-hydrogen) atoms. The normalized spacial score (nSPS) is 11.7. The third-order valence-corrected chi connectivity index (χ3v) is 3.64. The first-order chi connectivity index (χ1) is 10.5. The molecule has 0 radical (unpaired) electrons. The number of rotatable bonds is 10. The van der Waals surface area contributed by atoms with E-state index in [9.17, 15) is 9.59 Å².